The van der Waals surface area contributed by atoms with Crippen LogP contribution in [0, 0.1) is 0 Å². The summed E-state index contributed by atoms with van der Waals surface area (Å²) in [6.45, 7) is 2.24. The second-order valence-electron chi connectivity index (χ2n) is 8.92. The maximum Gasteiger partial charge on any atom is 0.335 e. The van der Waals surface area contributed by atoms with Crippen LogP contribution in [0.25, 0.3) is 0 Å². The number of aliphatic hydroxyl groups excluding tert-OH is 3. The number of carboxylic acid groups (broad SMARTS) is 1. The second kappa shape index (κ2) is 17.3. The number of esters is 1. The van der Waals surface area contributed by atoms with E-state index in [9.17, 15) is 24.9 Å². The molecule has 0 spiro atoms. The highest BCUT2D eigenvalue weighted by Gasteiger charge is 2.48. The Hall–Kier alpha value is -1.22. The summed E-state index contributed by atoms with van der Waals surface area (Å²) in [5, 5.41) is 38.2. The number of hydrogen-bond donors (Lipinski definition) is 4. The summed E-state index contributed by atoms with van der Waals surface area (Å²) < 4.78 is 9.92. The van der Waals surface area contributed by atoms with Gasteiger partial charge in [-0.2, -0.15) is 0 Å². The van der Waals surface area contributed by atoms with Crippen molar-refractivity contribution in [2.75, 3.05) is 0 Å². The Morgan fingerprint density at radius 2 is 1.12 bits per heavy atom. The Balaban J connectivity index is 2.00. The smallest absolute Gasteiger partial charge is 0.335 e. The molecule has 5 atom stereocenters. The third-order valence-corrected chi connectivity index (χ3v) is 6.05. The van der Waals surface area contributed by atoms with Crippen LogP contribution in [0.15, 0.2) is 0 Å². The summed E-state index contributed by atoms with van der Waals surface area (Å²) in [6, 6.07) is 0. The molecule has 1 saturated heterocycles. The van der Waals surface area contributed by atoms with E-state index >= 15 is 0 Å². The van der Waals surface area contributed by atoms with E-state index in [-0.39, 0.29) is 6.42 Å². The normalized spacial score (nSPS) is 25.6. The van der Waals surface area contributed by atoms with Crippen LogP contribution in [0.5, 0.6) is 0 Å². The monoisotopic (exact) mass is 460 g/mol. The second-order valence-corrected chi connectivity index (χ2v) is 8.92. The predicted octanol–water partition coefficient (Wildman–Crippen LogP) is 3.68. The van der Waals surface area contributed by atoms with Crippen molar-refractivity contribution in [2.24, 2.45) is 0 Å². The minimum Gasteiger partial charge on any atom is -0.479 e. The van der Waals surface area contributed by atoms with E-state index in [4.69, 9.17) is 14.6 Å². The number of carbonyl (C=O) groups excluding carboxylic acids is 1. The lowest BCUT2D eigenvalue weighted by Gasteiger charge is -2.37. The van der Waals surface area contributed by atoms with Crippen LogP contribution in [0.1, 0.15) is 110 Å². The first kappa shape index (κ1) is 28.8. The Morgan fingerprint density at radius 3 is 1.56 bits per heavy atom. The van der Waals surface area contributed by atoms with Crippen LogP contribution in [0.4, 0.5) is 0 Å². The molecule has 4 N–H and O–H groups in total. The first-order valence-corrected chi connectivity index (χ1v) is 12.5. The van der Waals surface area contributed by atoms with Gasteiger partial charge in [0.15, 0.2) is 6.10 Å². The molecule has 0 aromatic rings. The molecular formula is C24H44O8. The summed E-state index contributed by atoms with van der Waals surface area (Å²) in [5.41, 5.74) is 0. The molecule has 188 valence electrons. The first-order chi connectivity index (χ1) is 15.4. The molecule has 8 heteroatoms. The number of ether oxygens (including phenoxy) is 2. The van der Waals surface area contributed by atoms with Gasteiger partial charge in [-0.3, -0.25) is 4.79 Å². The highest BCUT2D eigenvalue weighted by atomic mass is 16.7. The molecule has 0 bridgehead atoms. The minimum absolute atomic E-state index is 0.126. The zero-order valence-electron chi connectivity index (χ0n) is 19.6. The van der Waals surface area contributed by atoms with Crippen molar-refractivity contribution in [2.45, 2.75) is 140 Å². The maximum absolute atomic E-state index is 12.0. The van der Waals surface area contributed by atoms with Crippen LogP contribution in [0.3, 0.4) is 0 Å². The van der Waals surface area contributed by atoms with Crippen molar-refractivity contribution in [1.82, 2.24) is 0 Å². The molecule has 1 heterocycles. The van der Waals surface area contributed by atoms with Gasteiger partial charge in [-0.05, 0) is 6.42 Å². The van der Waals surface area contributed by atoms with Crippen molar-refractivity contribution in [1.29, 1.82) is 0 Å². The third kappa shape index (κ3) is 11.6. The highest BCUT2D eigenvalue weighted by Crippen LogP contribution is 2.23. The van der Waals surface area contributed by atoms with E-state index in [1.807, 2.05) is 0 Å². The zero-order valence-corrected chi connectivity index (χ0v) is 19.6. The highest BCUT2D eigenvalue weighted by molar-refractivity contribution is 5.73. The Labute approximate surface area is 192 Å². The fraction of sp³-hybridized carbons (Fsp3) is 0.917. The van der Waals surface area contributed by atoms with Crippen LogP contribution < -0.4 is 0 Å². The van der Waals surface area contributed by atoms with Gasteiger partial charge in [-0.1, -0.05) is 96.8 Å². The fourth-order valence-corrected chi connectivity index (χ4v) is 3.98. The molecule has 1 aliphatic heterocycles. The van der Waals surface area contributed by atoms with Crippen LogP contribution in [-0.2, 0) is 19.1 Å². The molecule has 0 saturated carbocycles. The summed E-state index contributed by atoms with van der Waals surface area (Å²) in [7, 11) is 0. The van der Waals surface area contributed by atoms with E-state index in [0.29, 0.717) is 6.42 Å². The quantitative estimate of drug-likeness (QED) is 0.180. The molecule has 1 aliphatic rings. The Kier molecular flexibility index (Phi) is 15.6. The van der Waals surface area contributed by atoms with Gasteiger partial charge < -0.3 is 29.9 Å². The van der Waals surface area contributed by atoms with Gasteiger partial charge in [0.05, 0.1) is 0 Å². The lowest BCUT2D eigenvalue weighted by molar-refractivity contribution is -0.286. The molecule has 0 aliphatic carbocycles. The van der Waals surface area contributed by atoms with E-state index in [2.05, 4.69) is 6.92 Å². The van der Waals surface area contributed by atoms with E-state index in [1.165, 1.54) is 70.6 Å². The van der Waals surface area contributed by atoms with E-state index in [0.717, 1.165) is 19.3 Å². The number of unbranched alkanes of at least 4 members (excludes halogenated alkanes) is 14. The van der Waals surface area contributed by atoms with Gasteiger partial charge in [0.25, 0.3) is 0 Å². The van der Waals surface area contributed by atoms with Crippen molar-refractivity contribution in [3.05, 3.63) is 0 Å². The molecule has 0 amide bonds. The number of rotatable bonds is 18. The number of carboxylic acids is 1. The Morgan fingerprint density at radius 1 is 0.688 bits per heavy atom. The molecular weight excluding hydrogens is 416 g/mol. The van der Waals surface area contributed by atoms with Crippen molar-refractivity contribution in [3.63, 3.8) is 0 Å². The van der Waals surface area contributed by atoms with Crippen LogP contribution >= 0.6 is 0 Å². The molecule has 0 radical (unpaired) electrons. The predicted molar refractivity (Wildman–Crippen MR) is 120 cm³/mol. The fourth-order valence-electron chi connectivity index (χ4n) is 3.98. The lowest BCUT2D eigenvalue weighted by atomic mass is 9.99. The summed E-state index contributed by atoms with van der Waals surface area (Å²) in [4.78, 5) is 23.0. The van der Waals surface area contributed by atoms with E-state index in [1.54, 1.807) is 0 Å². The molecule has 1 fully saturated rings. The van der Waals surface area contributed by atoms with Gasteiger partial charge in [0.2, 0.25) is 6.29 Å². The summed E-state index contributed by atoms with van der Waals surface area (Å²) in [6.07, 6.45) is 9.76. The largest absolute Gasteiger partial charge is 0.479 e. The topological polar surface area (TPSA) is 134 Å². The minimum atomic E-state index is -1.80. The molecule has 1 rings (SSSR count). The van der Waals surface area contributed by atoms with Crippen LogP contribution in [-0.4, -0.2) is 63.1 Å². The number of carbonyl (C=O) groups is 2. The van der Waals surface area contributed by atoms with Crippen molar-refractivity contribution < 1.29 is 39.5 Å². The molecule has 8 nitrogen and oxygen atoms in total. The molecule has 32 heavy (non-hydrogen) atoms. The summed E-state index contributed by atoms with van der Waals surface area (Å²) >= 11 is 0. The standard InChI is InChI=1S/C24H44O8/c1-2-3-4-5-6-7-8-9-10-11-12-13-14-15-16-17-18(25)31-24-21(28)19(26)20(27)22(32-24)23(29)30/h19-22,24,26-28H,2-17H2,1H3,(H,29,30)/t19-,20-,21+,22-,24?/m0/s1. The zero-order chi connectivity index (χ0) is 23.8. The average molecular weight is 461 g/mol. The number of aliphatic hydroxyl groups is 3. The van der Waals surface area contributed by atoms with Gasteiger partial charge in [0.1, 0.15) is 18.3 Å². The van der Waals surface area contributed by atoms with Gasteiger partial charge in [0, 0.05) is 6.42 Å². The lowest BCUT2D eigenvalue weighted by Crippen LogP contribution is -2.60. The van der Waals surface area contributed by atoms with Gasteiger partial charge in [-0.25, -0.2) is 4.79 Å². The maximum atomic E-state index is 12.0. The van der Waals surface area contributed by atoms with E-state index < -0.39 is 42.6 Å². The summed E-state index contributed by atoms with van der Waals surface area (Å²) in [5.74, 6) is -2.14. The SMILES string of the molecule is CCCCCCCCCCCCCCCCCC(=O)OC1O[C@H](C(=O)O)[C@@H](O)[C@H](O)[C@H]1O. The van der Waals surface area contributed by atoms with Gasteiger partial charge >= 0.3 is 11.9 Å². The molecule has 0 aromatic heterocycles. The Bertz CT molecular complexity index is 512. The average Bonchev–Trinajstić information content (AvgIpc) is 2.76. The number of hydrogen-bond acceptors (Lipinski definition) is 7. The van der Waals surface area contributed by atoms with Crippen LogP contribution in [0.2, 0.25) is 0 Å². The number of aliphatic carboxylic acids is 1. The van der Waals surface area contributed by atoms with Crippen molar-refractivity contribution in [3.8, 4) is 0 Å². The third-order valence-electron chi connectivity index (χ3n) is 6.05. The first-order valence-electron chi connectivity index (χ1n) is 12.5. The molecule has 1 unspecified atom stereocenters. The van der Waals surface area contributed by atoms with Gasteiger partial charge in [-0.15, -0.1) is 0 Å². The van der Waals surface area contributed by atoms with Crippen molar-refractivity contribution >= 4 is 11.9 Å². The molecule has 0 aromatic carbocycles.